The summed E-state index contributed by atoms with van der Waals surface area (Å²) in [6.45, 7) is -0.539. The maximum absolute atomic E-state index is 12.9. The zero-order valence-corrected chi connectivity index (χ0v) is 19.6. The molecule has 154 valence electrons. The highest BCUT2D eigenvalue weighted by Crippen LogP contribution is 2.35. The predicted molar refractivity (Wildman–Crippen MR) is 118 cm³/mol. The van der Waals surface area contributed by atoms with Crippen LogP contribution in [0.4, 0.5) is 10.5 Å². The number of ether oxygens (including phenoxy) is 1. The van der Waals surface area contributed by atoms with Crippen molar-refractivity contribution in [3.05, 3.63) is 61.0 Å². The Hall–Kier alpha value is -2.50. The molecular formula is C19H11Br3N2O6. The molecule has 1 aliphatic heterocycles. The Bertz CT molecular complexity index is 1070. The van der Waals surface area contributed by atoms with Crippen molar-refractivity contribution in [1.29, 1.82) is 0 Å². The number of carboxylic acids is 1. The van der Waals surface area contributed by atoms with E-state index in [0.29, 0.717) is 20.2 Å². The Balaban J connectivity index is 1.96. The van der Waals surface area contributed by atoms with Gasteiger partial charge in [0.25, 0.3) is 11.8 Å². The van der Waals surface area contributed by atoms with E-state index in [1.807, 2.05) is 0 Å². The van der Waals surface area contributed by atoms with Crippen LogP contribution >= 0.6 is 47.8 Å². The third-order valence-corrected chi connectivity index (χ3v) is 5.56. The molecule has 8 nitrogen and oxygen atoms in total. The second-order valence-electron chi connectivity index (χ2n) is 5.93. The summed E-state index contributed by atoms with van der Waals surface area (Å²) in [5.41, 5.74) is 0.509. The van der Waals surface area contributed by atoms with Crippen LogP contribution in [0.5, 0.6) is 5.75 Å². The molecule has 30 heavy (non-hydrogen) atoms. The highest BCUT2D eigenvalue weighted by Gasteiger charge is 2.36. The number of nitrogens with one attached hydrogen (secondary N) is 1. The molecule has 2 aromatic carbocycles. The van der Waals surface area contributed by atoms with Crippen molar-refractivity contribution in [3.63, 3.8) is 0 Å². The smallest absolute Gasteiger partial charge is 0.341 e. The summed E-state index contributed by atoms with van der Waals surface area (Å²) in [4.78, 5) is 49.0. The molecule has 1 saturated heterocycles. The number of anilines is 1. The number of aliphatic carboxylic acids is 1. The van der Waals surface area contributed by atoms with E-state index >= 15 is 0 Å². The van der Waals surface area contributed by atoms with Gasteiger partial charge in [0.2, 0.25) is 0 Å². The number of carbonyl (C=O) groups excluding carboxylic acids is 3. The number of hydrogen-bond donors (Lipinski definition) is 2. The van der Waals surface area contributed by atoms with Crippen molar-refractivity contribution < 1.29 is 29.0 Å². The van der Waals surface area contributed by atoms with Gasteiger partial charge in [-0.25, -0.2) is 14.5 Å². The Labute approximate surface area is 195 Å². The van der Waals surface area contributed by atoms with Crippen LogP contribution in [0, 0.1) is 0 Å². The van der Waals surface area contributed by atoms with E-state index in [1.54, 1.807) is 36.4 Å². The second-order valence-corrected chi connectivity index (χ2v) is 8.55. The Kier molecular flexibility index (Phi) is 6.74. The van der Waals surface area contributed by atoms with E-state index in [2.05, 4.69) is 53.1 Å². The largest absolute Gasteiger partial charge is 0.480 e. The molecule has 1 fully saturated rings. The fraction of sp³-hybridized carbons (Fsp3) is 0.0526. The molecular weight excluding hydrogens is 592 g/mol. The zero-order chi connectivity index (χ0) is 22.0. The first-order valence-electron chi connectivity index (χ1n) is 8.18. The number of urea groups is 1. The molecule has 1 heterocycles. The molecule has 2 N–H and O–H groups in total. The third-order valence-electron chi connectivity index (χ3n) is 3.86. The van der Waals surface area contributed by atoms with E-state index in [9.17, 15) is 19.2 Å². The highest BCUT2D eigenvalue weighted by atomic mass is 79.9. The molecule has 0 bridgehead atoms. The molecule has 0 spiro atoms. The van der Waals surface area contributed by atoms with Crippen LogP contribution in [0.25, 0.3) is 6.08 Å². The van der Waals surface area contributed by atoms with E-state index < -0.39 is 30.4 Å². The van der Waals surface area contributed by atoms with Crippen molar-refractivity contribution in [3.8, 4) is 5.75 Å². The van der Waals surface area contributed by atoms with Crippen molar-refractivity contribution in [2.45, 2.75) is 0 Å². The summed E-state index contributed by atoms with van der Waals surface area (Å²) in [6, 6.07) is 8.73. The summed E-state index contributed by atoms with van der Waals surface area (Å²) in [5.74, 6) is -2.48. The van der Waals surface area contributed by atoms with Crippen molar-refractivity contribution >= 4 is 83.4 Å². The summed E-state index contributed by atoms with van der Waals surface area (Å²) >= 11 is 9.84. The lowest BCUT2D eigenvalue weighted by Crippen LogP contribution is -2.54. The van der Waals surface area contributed by atoms with Crippen molar-refractivity contribution in [2.75, 3.05) is 11.5 Å². The molecule has 0 unspecified atom stereocenters. The van der Waals surface area contributed by atoms with Crippen molar-refractivity contribution in [1.82, 2.24) is 5.32 Å². The van der Waals surface area contributed by atoms with Gasteiger partial charge in [0.1, 0.15) is 11.3 Å². The van der Waals surface area contributed by atoms with Crippen LogP contribution in [0.3, 0.4) is 0 Å². The van der Waals surface area contributed by atoms with Gasteiger partial charge < -0.3 is 9.84 Å². The van der Waals surface area contributed by atoms with Crippen LogP contribution in [0.1, 0.15) is 5.56 Å². The molecule has 1 aliphatic rings. The minimum atomic E-state index is -1.14. The first-order valence-corrected chi connectivity index (χ1v) is 10.6. The Morgan fingerprint density at radius 1 is 1.07 bits per heavy atom. The summed E-state index contributed by atoms with van der Waals surface area (Å²) < 4.78 is 6.79. The molecule has 0 atom stereocenters. The van der Waals surface area contributed by atoms with Gasteiger partial charge in [-0.3, -0.25) is 14.9 Å². The van der Waals surface area contributed by atoms with Gasteiger partial charge in [-0.2, -0.15) is 0 Å². The molecule has 0 aromatic heterocycles. The van der Waals surface area contributed by atoms with Gasteiger partial charge in [0.05, 0.1) is 14.6 Å². The normalized spacial score (nSPS) is 15.4. The molecule has 0 aliphatic carbocycles. The zero-order valence-electron chi connectivity index (χ0n) is 14.8. The van der Waals surface area contributed by atoms with Crippen LogP contribution in [-0.4, -0.2) is 35.5 Å². The molecule has 4 amide bonds. The number of barbiturate groups is 1. The minimum absolute atomic E-state index is 0.240. The number of carboxylic acid groups (broad SMARTS) is 1. The summed E-state index contributed by atoms with van der Waals surface area (Å²) in [6.07, 6.45) is 1.33. The van der Waals surface area contributed by atoms with Crippen LogP contribution < -0.4 is 15.0 Å². The van der Waals surface area contributed by atoms with Gasteiger partial charge in [-0.05, 0) is 79.9 Å². The summed E-state index contributed by atoms with van der Waals surface area (Å²) in [7, 11) is 0. The van der Waals surface area contributed by atoms with Gasteiger partial charge in [0.15, 0.2) is 6.61 Å². The molecule has 3 rings (SSSR count). The SMILES string of the molecule is O=C(O)COc1c(Br)cc(/C=C2\C(=O)NC(=O)N(c3ccc(Br)cc3)C2=O)cc1Br. The van der Waals surface area contributed by atoms with E-state index in [-0.39, 0.29) is 11.3 Å². The topological polar surface area (TPSA) is 113 Å². The van der Waals surface area contributed by atoms with Crippen LogP contribution in [-0.2, 0) is 14.4 Å². The van der Waals surface area contributed by atoms with Crippen LogP contribution in [0.15, 0.2) is 55.4 Å². The lowest BCUT2D eigenvalue weighted by atomic mass is 10.1. The number of carbonyl (C=O) groups is 4. The highest BCUT2D eigenvalue weighted by molar-refractivity contribution is 9.11. The second kappa shape index (κ2) is 9.11. The first kappa shape index (κ1) is 22.2. The van der Waals surface area contributed by atoms with Crippen molar-refractivity contribution in [2.24, 2.45) is 0 Å². The number of hydrogen-bond acceptors (Lipinski definition) is 5. The first-order chi connectivity index (χ1) is 14.2. The quantitative estimate of drug-likeness (QED) is 0.394. The summed E-state index contributed by atoms with van der Waals surface area (Å²) in [5, 5.41) is 10.9. The number of imide groups is 2. The fourth-order valence-corrected chi connectivity index (χ4v) is 4.30. The van der Waals surface area contributed by atoms with E-state index in [1.165, 1.54) is 6.08 Å². The third kappa shape index (κ3) is 4.79. The molecule has 0 radical (unpaired) electrons. The maximum atomic E-state index is 12.9. The van der Waals surface area contributed by atoms with Gasteiger partial charge in [-0.1, -0.05) is 15.9 Å². The fourth-order valence-electron chi connectivity index (χ4n) is 2.58. The maximum Gasteiger partial charge on any atom is 0.341 e. The number of amides is 4. The number of rotatable bonds is 5. The lowest BCUT2D eigenvalue weighted by Gasteiger charge is -2.26. The standard InChI is InChI=1S/C19H11Br3N2O6/c20-10-1-3-11(4-2-10)24-18(28)12(17(27)23-19(24)29)5-9-6-13(21)16(14(22)7-9)30-8-15(25)26/h1-7H,8H2,(H,25,26)(H,23,27,29)/b12-5+. The molecule has 2 aromatic rings. The predicted octanol–water partition coefficient (Wildman–Crippen LogP) is 4.10. The van der Waals surface area contributed by atoms with E-state index in [0.717, 1.165) is 9.37 Å². The molecule has 11 heteroatoms. The number of nitrogens with zero attached hydrogens (tertiary/aromatic N) is 1. The minimum Gasteiger partial charge on any atom is -0.480 e. The van der Waals surface area contributed by atoms with Gasteiger partial charge in [0, 0.05) is 4.47 Å². The average molecular weight is 603 g/mol. The number of halogens is 3. The number of benzene rings is 2. The monoisotopic (exact) mass is 600 g/mol. The molecule has 0 saturated carbocycles. The average Bonchev–Trinajstić information content (AvgIpc) is 2.65. The van der Waals surface area contributed by atoms with Crippen LogP contribution in [0.2, 0.25) is 0 Å². The Morgan fingerprint density at radius 3 is 2.23 bits per heavy atom. The lowest BCUT2D eigenvalue weighted by molar-refractivity contribution is -0.139. The Morgan fingerprint density at radius 2 is 1.67 bits per heavy atom. The van der Waals surface area contributed by atoms with E-state index in [4.69, 9.17) is 9.84 Å². The van der Waals surface area contributed by atoms with Gasteiger partial charge >= 0.3 is 12.0 Å². The van der Waals surface area contributed by atoms with Gasteiger partial charge in [-0.15, -0.1) is 0 Å².